The lowest BCUT2D eigenvalue weighted by Gasteiger charge is -2.42. The van der Waals surface area contributed by atoms with Gasteiger partial charge in [0.1, 0.15) is 12.1 Å². The first-order chi connectivity index (χ1) is 9.18. The third-order valence-electron chi connectivity index (χ3n) is 4.21. The van der Waals surface area contributed by atoms with Crippen LogP contribution in [0.15, 0.2) is 0 Å². The van der Waals surface area contributed by atoms with E-state index in [1.54, 1.807) is 16.7 Å². The highest BCUT2D eigenvalue weighted by atomic mass is 16.6. The highest BCUT2D eigenvalue weighted by Gasteiger charge is 2.46. The number of carbonyl (C=O) groups excluding carboxylic acids is 2. The van der Waals surface area contributed by atoms with Crippen LogP contribution >= 0.6 is 0 Å². The number of hydrogen-bond acceptors (Lipinski definition) is 4. The molecule has 2 amide bonds. The Kier molecular flexibility index (Phi) is 3.45. The monoisotopic (exact) mass is 268 g/mol. The van der Waals surface area contributed by atoms with Gasteiger partial charge in [0, 0.05) is 6.54 Å². The molecule has 0 N–H and O–H groups in total. The van der Waals surface area contributed by atoms with E-state index in [1.165, 1.54) is 0 Å². The summed E-state index contributed by atoms with van der Waals surface area (Å²) < 4.78 is 10.9. The van der Waals surface area contributed by atoms with E-state index in [4.69, 9.17) is 9.47 Å². The van der Waals surface area contributed by atoms with Crippen molar-refractivity contribution >= 4 is 11.8 Å². The van der Waals surface area contributed by atoms with Gasteiger partial charge in [-0.25, -0.2) is 0 Å². The summed E-state index contributed by atoms with van der Waals surface area (Å²) in [7, 11) is 0. The maximum Gasteiger partial charge on any atom is 0.246 e. The van der Waals surface area contributed by atoms with Crippen LogP contribution in [0.5, 0.6) is 0 Å². The topological polar surface area (TPSA) is 59.1 Å². The van der Waals surface area contributed by atoms with Crippen molar-refractivity contribution in [3.63, 3.8) is 0 Å². The molecular formula is C13H20N2O4. The lowest BCUT2D eigenvalue weighted by Crippen LogP contribution is -2.63. The molecule has 0 aromatic rings. The second-order valence-corrected chi connectivity index (χ2v) is 5.42. The highest BCUT2D eigenvalue weighted by Crippen LogP contribution is 2.27. The summed E-state index contributed by atoms with van der Waals surface area (Å²) in [5, 5.41) is 0. The Balaban J connectivity index is 1.72. The molecule has 0 saturated carbocycles. The Morgan fingerprint density at radius 3 is 2.84 bits per heavy atom. The van der Waals surface area contributed by atoms with Gasteiger partial charge in [0.05, 0.1) is 32.5 Å². The number of hydrogen-bond donors (Lipinski definition) is 0. The minimum atomic E-state index is -0.382. The second kappa shape index (κ2) is 5.09. The Morgan fingerprint density at radius 1 is 1.26 bits per heavy atom. The predicted molar refractivity (Wildman–Crippen MR) is 66.5 cm³/mol. The Bertz CT molecular complexity index is 381. The van der Waals surface area contributed by atoms with Crippen molar-refractivity contribution in [2.24, 2.45) is 0 Å². The number of fused-ring (bicyclic) bond motifs is 1. The van der Waals surface area contributed by atoms with E-state index in [2.05, 4.69) is 0 Å². The van der Waals surface area contributed by atoms with E-state index in [1.807, 2.05) is 0 Å². The fourth-order valence-corrected chi connectivity index (χ4v) is 3.15. The quantitative estimate of drug-likeness (QED) is 0.685. The first-order valence-electron chi connectivity index (χ1n) is 6.99. The van der Waals surface area contributed by atoms with E-state index >= 15 is 0 Å². The summed E-state index contributed by atoms with van der Waals surface area (Å²) in [6.07, 6.45) is 1.60. The molecule has 106 valence electrons. The number of nitrogens with zero attached hydrogens (tertiary/aromatic N) is 2. The van der Waals surface area contributed by atoms with Crippen LogP contribution in [0.3, 0.4) is 0 Å². The molecule has 3 aliphatic rings. The third kappa shape index (κ3) is 2.23. The molecule has 0 radical (unpaired) electrons. The van der Waals surface area contributed by atoms with Crippen LogP contribution in [0.25, 0.3) is 0 Å². The lowest BCUT2D eigenvalue weighted by atomic mass is 10.1. The fourth-order valence-electron chi connectivity index (χ4n) is 3.15. The molecule has 3 aliphatic heterocycles. The maximum atomic E-state index is 12.5. The van der Waals surface area contributed by atoms with Gasteiger partial charge >= 0.3 is 0 Å². The van der Waals surface area contributed by atoms with Crippen molar-refractivity contribution in [3.8, 4) is 0 Å². The zero-order chi connectivity index (χ0) is 13.4. The summed E-state index contributed by atoms with van der Waals surface area (Å²) in [6, 6.07) is -0.624. The normalized spacial score (nSPS) is 35.7. The van der Waals surface area contributed by atoms with Crippen LogP contribution in [0.4, 0.5) is 0 Å². The second-order valence-electron chi connectivity index (χ2n) is 5.42. The number of carbonyl (C=O) groups is 2. The molecule has 3 atom stereocenters. The van der Waals surface area contributed by atoms with Crippen LogP contribution in [0.2, 0.25) is 0 Å². The summed E-state index contributed by atoms with van der Waals surface area (Å²) in [5.41, 5.74) is 0. The lowest BCUT2D eigenvalue weighted by molar-refractivity contribution is -0.163. The molecule has 3 fully saturated rings. The molecule has 6 nitrogen and oxygen atoms in total. The molecule has 0 aromatic carbocycles. The van der Waals surface area contributed by atoms with Crippen LogP contribution in [-0.2, 0) is 19.1 Å². The van der Waals surface area contributed by atoms with Gasteiger partial charge in [-0.05, 0) is 19.8 Å². The SMILES string of the molecule is CC1C(=O)N2CCCC2C(=O)N1CC1COCCO1. The average Bonchev–Trinajstić information content (AvgIpc) is 2.92. The number of amides is 2. The number of ether oxygens (including phenoxy) is 2. The van der Waals surface area contributed by atoms with E-state index in [9.17, 15) is 9.59 Å². The van der Waals surface area contributed by atoms with Crippen LogP contribution in [0.1, 0.15) is 19.8 Å². The van der Waals surface area contributed by atoms with Gasteiger partial charge in [0.25, 0.3) is 0 Å². The summed E-state index contributed by atoms with van der Waals surface area (Å²) in [4.78, 5) is 28.1. The first-order valence-corrected chi connectivity index (χ1v) is 6.99. The van der Waals surface area contributed by atoms with E-state index in [-0.39, 0.29) is 30.0 Å². The van der Waals surface area contributed by atoms with Gasteiger partial charge in [-0.2, -0.15) is 0 Å². The van der Waals surface area contributed by atoms with E-state index in [0.29, 0.717) is 26.4 Å². The molecular weight excluding hydrogens is 248 g/mol. The van der Waals surface area contributed by atoms with E-state index in [0.717, 1.165) is 19.4 Å². The third-order valence-corrected chi connectivity index (χ3v) is 4.21. The van der Waals surface area contributed by atoms with Crippen LogP contribution < -0.4 is 0 Å². The summed E-state index contributed by atoms with van der Waals surface area (Å²) >= 11 is 0. The first kappa shape index (κ1) is 12.9. The Morgan fingerprint density at radius 2 is 2.11 bits per heavy atom. The molecule has 3 unspecified atom stereocenters. The van der Waals surface area contributed by atoms with Crippen molar-refractivity contribution < 1.29 is 19.1 Å². The van der Waals surface area contributed by atoms with Crippen molar-refractivity contribution in [2.45, 2.75) is 38.0 Å². The van der Waals surface area contributed by atoms with Crippen molar-refractivity contribution in [1.29, 1.82) is 0 Å². The van der Waals surface area contributed by atoms with Gasteiger partial charge in [-0.3, -0.25) is 9.59 Å². The smallest absolute Gasteiger partial charge is 0.246 e. The summed E-state index contributed by atoms with van der Waals surface area (Å²) in [5.74, 6) is 0.137. The molecule has 3 heterocycles. The Hall–Kier alpha value is -1.14. The number of rotatable bonds is 2. The van der Waals surface area contributed by atoms with Crippen LogP contribution in [0, 0.1) is 0 Å². The minimum Gasteiger partial charge on any atom is -0.376 e. The van der Waals surface area contributed by atoms with Crippen molar-refractivity contribution in [2.75, 3.05) is 32.9 Å². The van der Waals surface area contributed by atoms with Gasteiger partial charge in [0.2, 0.25) is 11.8 Å². The van der Waals surface area contributed by atoms with Crippen LogP contribution in [-0.4, -0.2) is 72.7 Å². The molecule has 0 bridgehead atoms. The van der Waals surface area contributed by atoms with Crippen molar-refractivity contribution in [3.05, 3.63) is 0 Å². The summed E-state index contributed by atoms with van der Waals surface area (Å²) in [6.45, 7) is 4.64. The van der Waals surface area contributed by atoms with E-state index < -0.39 is 0 Å². The standard InChI is InChI=1S/C13H20N2O4/c1-9-12(16)14-4-2-3-11(14)13(17)15(9)7-10-8-18-5-6-19-10/h9-11H,2-8H2,1H3. The number of piperazine rings is 1. The molecule has 0 spiro atoms. The van der Waals surface area contributed by atoms with Gasteiger partial charge < -0.3 is 19.3 Å². The predicted octanol–water partition coefficient (Wildman–Crippen LogP) is -0.376. The van der Waals surface area contributed by atoms with Crippen molar-refractivity contribution in [1.82, 2.24) is 9.80 Å². The minimum absolute atomic E-state index is 0.0683. The molecule has 6 heteroatoms. The molecule has 19 heavy (non-hydrogen) atoms. The molecule has 0 aliphatic carbocycles. The zero-order valence-electron chi connectivity index (χ0n) is 11.2. The zero-order valence-corrected chi connectivity index (χ0v) is 11.2. The fraction of sp³-hybridized carbons (Fsp3) is 0.846. The van der Waals surface area contributed by atoms with Gasteiger partial charge in [-0.1, -0.05) is 0 Å². The largest absolute Gasteiger partial charge is 0.376 e. The Labute approximate surface area is 112 Å². The maximum absolute atomic E-state index is 12.5. The molecule has 0 aromatic heterocycles. The van der Waals surface area contributed by atoms with Gasteiger partial charge in [-0.15, -0.1) is 0 Å². The van der Waals surface area contributed by atoms with Gasteiger partial charge in [0.15, 0.2) is 0 Å². The average molecular weight is 268 g/mol. The highest BCUT2D eigenvalue weighted by molar-refractivity contribution is 5.97. The molecule has 3 rings (SSSR count). The molecule has 3 saturated heterocycles.